The van der Waals surface area contributed by atoms with E-state index in [0.717, 1.165) is 0 Å². The van der Waals surface area contributed by atoms with Crippen LogP contribution in [-0.4, -0.2) is 46.3 Å². The smallest absolute Gasteiger partial charge is 0.350 e. The lowest BCUT2D eigenvalue weighted by atomic mass is 9.79. The van der Waals surface area contributed by atoms with Crippen LogP contribution in [0.2, 0.25) is 0 Å². The summed E-state index contributed by atoms with van der Waals surface area (Å²) in [5.74, 6) is -0.711. The van der Waals surface area contributed by atoms with E-state index in [2.05, 4.69) is 40.3 Å². The van der Waals surface area contributed by atoms with Crippen molar-refractivity contribution >= 4 is 23.5 Å². The largest absolute Gasteiger partial charge is 0.358 e. The number of alkyl halides is 1. The Bertz CT molecular complexity index is 811. The minimum atomic E-state index is -1.12. The predicted molar refractivity (Wildman–Crippen MR) is 91.2 cm³/mol. The van der Waals surface area contributed by atoms with Crippen molar-refractivity contribution in [3.8, 4) is 0 Å². The summed E-state index contributed by atoms with van der Waals surface area (Å²) in [5.41, 5.74) is 28.6. The van der Waals surface area contributed by atoms with Crippen molar-refractivity contribution in [3.05, 3.63) is 32.8 Å². The number of aromatic nitrogens is 2. The molecule has 6 atom stereocenters. The number of aliphatic hydroxyl groups is 1. The van der Waals surface area contributed by atoms with Crippen molar-refractivity contribution in [2.75, 3.05) is 18.8 Å². The van der Waals surface area contributed by atoms with Crippen molar-refractivity contribution in [1.82, 2.24) is 10.3 Å². The van der Waals surface area contributed by atoms with Crippen LogP contribution in [0.4, 0.5) is 5.95 Å². The molecule has 1 spiro atoms. The Morgan fingerprint density at radius 1 is 1.27 bits per heavy atom. The van der Waals surface area contributed by atoms with Crippen molar-refractivity contribution in [1.29, 1.82) is 0 Å². The molecule has 1 aromatic heterocycles. The maximum Gasteiger partial charge on any atom is 0.350 e. The first-order chi connectivity index (χ1) is 12.5. The van der Waals surface area contributed by atoms with Gasteiger partial charge in [-0.3, -0.25) is 16.8 Å². The number of hydrogen-bond donors (Lipinski definition) is 6. The molecule has 1 aromatic rings. The van der Waals surface area contributed by atoms with E-state index < -0.39 is 23.1 Å². The molecular formula is C12H19ClN12O+2. The van der Waals surface area contributed by atoms with Gasteiger partial charge in [-0.25, -0.2) is 15.0 Å². The van der Waals surface area contributed by atoms with E-state index in [1.54, 1.807) is 6.20 Å². The number of nitrogen functional groups attached to an aromatic ring is 1. The molecule has 0 aromatic carbocycles. The molecule has 138 valence electrons. The Balaban J connectivity index is 2.14. The molecular weight excluding hydrogens is 364 g/mol. The van der Waals surface area contributed by atoms with Crippen molar-refractivity contribution in [3.63, 3.8) is 0 Å². The third-order valence-electron chi connectivity index (χ3n) is 5.13. The lowest BCUT2D eigenvalue weighted by Gasteiger charge is -2.32. The van der Waals surface area contributed by atoms with Gasteiger partial charge in [-0.2, -0.15) is 0 Å². The third-order valence-corrected chi connectivity index (χ3v) is 5.81. The van der Waals surface area contributed by atoms with Gasteiger partial charge in [-0.15, -0.1) is 11.6 Å². The molecule has 1 fully saturated rings. The van der Waals surface area contributed by atoms with E-state index >= 15 is 0 Å². The van der Waals surface area contributed by atoms with Crippen molar-refractivity contribution in [2.24, 2.45) is 27.8 Å². The molecule has 1 unspecified atom stereocenters. The molecule has 0 amide bonds. The van der Waals surface area contributed by atoms with Crippen LogP contribution in [0.15, 0.2) is 16.4 Å². The van der Waals surface area contributed by atoms with Crippen LogP contribution < -0.4 is 26.8 Å². The number of halogens is 1. The minimum Gasteiger partial charge on any atom is -0.358 e. The number of aliphatic hydroxyl groups excluding tert-OH is 1. The number of H-pyrrole nitrogens is 2. The second kappa shape index (κ2) is 6.81. The van der Waals surface area contributed by atoms with Crippen molar-refractivity contribution in [2.45, 2.75) is 23.1 Å². The molecule has 1 saturated carbocycles. The Morgan fingerprint density at radius 3 is 2.42 bits per heavy atom. The van der Waals surface area contributed by atoms with Crippen LogP contribution >= 0.6 is 11.6 Å². The van der Waals surface area contributed by atoms with E-state index in [0.29, 0.717) is 11.6 Å². The number of aromatic amines is 2. The molecule has 14 heteroatoms. The summed E-state index contributed by atoms with van der Waals surface area (Å²) in [6.45, 7) is 0.160. The van der Waals surface area contributed by atoms with Gasteiger partial charge >= 0.3 is 11.9 Å². The second-order valence-corrected chi connectivity index (χ2v) is 6.81. The average Bonchev–Trinajstić information content (AvgIpc) is 3.21. The van der Waals surface area contributed by atoms with Gasteiger partial charge in [0.05, 0.1) is 17.5 Å². The number of nitrogens with two attached hydrogens (primary N) is 2. The molecule has 1 aliphatic heterocycles. The fourth-order valence-electron chi connectivity index (χ4n) is 4.19. The lowest BCUT2D eigenvalue weighted by molar-refractivity contribution is -0.556. The maximum absolute atomic E-state index is 10.7. The van der Waals surface area contributed by atoms with Crippen LogP contribution in [-0.2, 0) is 0 Å². The van der Waals surface area contributed by atoms with Gasteiger partial charge in [0, 0.05) is 22.9 Å². The summed E-state index contributed by atoms with van der Waals surface area (Å²) in [4.78, 5) is 14.2. The highest BCUT2D eigenvalue weighted by atomic mass is 35.5. The Morgan fingerprint density at radius 2 is 1.92 bits per heavy atom. The fourth-order valence-corrected chi connectivity index (χ4v) is 4.76. The van der Waals surface area contributed by atoms with Crippen LogP contribution in [0.25, 0.3) is 20.9 Å². The normalized spacial score (nSPS) is 35.5. The topological polar surface area (TPSA) is 226 Å². The van der Waals surface area contributed by atoms with Gasteiger partial charge in [0.15, 0.2) is 5.54 Å². The molecule has 13 nitrogen and oxygen atoms in total. The van der Waals surface area contributed by atoms with Gasteiger partial charge in [-0.05, 0) is 22.9 Å². The van der Waals surface area contributed by atoms with Crippen LogP contribution in [0, 0.1) is 11.8 Å². The maximum atomic E-state index is 10.7. The van der Waals surface area contributed by atoms with Crippen LogP contribution in [0.3, 0.4) is 0 Å². The van der Waals surface area contributed by atoms with E-state index in [-0.39, 0.29) is 30.9 Å². The molecule has 2 heterocycles. The monoisotopic (exact) mass is 382 g/mol. The number of nitrogens with zero attached hydrogens (tertiary/aromatic N) is 6. The Labute approximate surface area is 152 Å². The Hall–Kier alpha value is -2.85. The van der Waals surface area contributed by atoms with E-state index in [1.165, 1.54) is 0 Å². The minimum absolute atomic E-state index is 0.0722. The van der Waals surface area contributed by atoms with Gasteiger partial charge in [0.1, 0.15) is 5.69 Å². The van der Waals surface area contributed by atoms with Crippen LogP contribution in [0.5, 0.6) is 0 Å². The highest BCUT2D eigenvalue weighted by molar-refractivity contribution is 6.22. The van der Waals surface area contributed by atoms with E-state index in [1.807, 2.05) is 0 Å². The Kier molecular flexibility index (Phi) is 4.70. The molecule has 3 rings (SSSR count). The van der Waals surface area contributed by atoms with Gasteiger partial charge in [0.25, 0.3) is 0 Å². The standard InChI is InChI=1S/C12H17ClN12O/c13-8-5(2-20-25-17)4(1-19-24-16)7(6-3-18-10(14)21-6)12(8)9(26)22-11(15)23-12/h3-5,7-9,26H,1-2H2,(H3,14,18,21)(H3,15,22,23)/p+2/t4-,5-,7-,8+,9?,12+/m1/s1. The highest BCUT2D eigenvalue weighted by Crippen LogP contribution is 2.53. The zero-order valence-electron chi connectivity index (χ0n) is 13.5. The molecule has 2 aliphatic rings. The van der Waals surface area contributed by atoms with E-state index in [4.69, 9.17) is 34.1 Å². The first kappa shape index (κ1) is 18.0. The summed E-state index contributed by atoms with van der Waals surface area (Å²) < 4.78 is 0. The zero-order valence-corrected chi connectivity index (χ0v) is 14.3. The number of azide groups is 2. The van der Waals surface area contributed by atoms with Crippen molar-refractivity contribution < 1.29 is 15.1 Å². The summed E-state index contributed by atoms with van der Waals surface area (Å²) in [5, 5.41) is 20.4. The quantitative estimate of drug-likeness (QED) is 0.147. The molecule has 9 N–H and O–H groups in total. The van der Waals surface area contributed by atoms with Gasteiger partial charge < -0.3 is 5.11 Å². The fraction of sp³-hybridized carbons (Fsp3) is 0.667. The number of guanidine groups is 1. The SMILES string of the molecule is [N-]=[N+]=NC[C@@H]1[C@@H](CN=[N+]=[N-])[C@H](c2c[nH+]c(N)[nH]2)[C@]2(NC(N)=[NH+]C2O)[C@H]1Cl. The zero-order chi connectivity index (χ0) is 18.9. The number of anilines is 1. The number of hydrogen-bond acceptors (Lipinski definition) is 6. The number of rotatable bonds is 5. The second-order valence-electron chi connectivity index (χ2n) is 6.34. The van der Waals surface area contributed by atoms with Gasteiger partial charge in [-0.1, -0.05) is 10.2 Å². The summed E-state index contributed by atoms with van der Waals surface area (Å²) in [6, 6.07) is 0. The summed E-state index contributed by atoms with van der Waals surface area (Å²) in [7, 11) is 0. The predicted octanol–water partition coefficient (Wildman–Crippen LogP) is -1.98. The summed E-state index contributed by atoms with van der Waals surface area (Å²) >= 11 is 6.76. The van der Waals surface area contributed by atoms with Gasteiger partial charge in [0.2, 0.25) is 6.23 Å². The molecule has 0 bridgehead atoms. The molecule has 26 heavy (non-hydrogen) atoms. The molecule has 0 radical (unpaired) electrons. The third kappa shape index (κ3) is 2.63. The summed E-state index contributed by atoms with van der Waals surface area (Å²) in [6.07, 6.45) is 0.539. The number of nitrogens with one attached hydrogen (secondary N) is 4. The van der Waals surface area contributed by atoms with E-state index in [9.17, 15) is 5.11 Å². The lowest BCUT2D eigenvalue weighted by Crippen LogP contribution is -2.82. The average molecular weight is 383 g/mol. The highest BCUT2D eigenvalue weighted by Gasteiger charge is 2.69. The first-order valence-corrected chi connectivity index (χ1v) is 8.26. The first-order valence-electron chi connectivity index (χ1n) is 7.82. The number of imidazole rings is 1. The molecule has 0 saturated heterocycles. The molecule has 1 aliphatic carbocycles. The van der Waals surface area contributed by atoms with Crippen LogP contribution in [0.1, 0.15) is 11.6 Å².